The van der Waals surface area contributed by atoms with Crippen LogP contribution in [-0.4, -0.2) is 16.6 Å². The van der Waals surface area contributed by atoms with Crippen molar-refractivity contribution < 1.29 is 14.3 Å². The highest BCUT2D eigenvalue weighted by atomic mass is 16.5. The van der Waals surface area contributed by atoms with E-state index in [-0.39, 0.29) is 11.6 Å². The molecule has 4 heteroatoms. The molecule has 1 aliphatic rings. The first-order chi connectivity index (χ1) is 16.7. The minimum absolute atomic E-state index is 0.134. The van der Waals surface area contributed by atoms with Crippen LogP contribution in [0, 0.1) is 5.92 Å². The highest BCUT2D eigenvalue weighted by molar-refractivity contribution is 6.27. The van der Waals surface area contributed by atoms with Crippen LogP contribution >= 0.6 is 0 Å². The lowest BCUT2D eigenvalue weighted by Crippen LogP contribution is -2.24. The molecule has 0 bridgehead atoms. The first-order valence-electron chi connectivity index (χ1n) is 11.3. The van der Waals surface area contributed by atoms with Crippen molar-refractivity contribution in [3.63, 3.8) is 0 Å². The van der Waals surface area contributed by atoms with Crippen LogP contribution in [0.25, 0.3) is 10.9 Å². The molecule has 4 nitrogen and oxygen atoms in total. The Morgan fingerprint density at radius 3 is 2.09 bits per heavy atom. The Bertz CT molecular complexity index is 1500. The molecule has 5 aromatic rings. The summed E-state index contributed by atoms with van der Waals surface area (Å²) in [6.45, 7) is 0. The number of para-hydroxylation sites is 2. The standard InChI is InChI=1S/C30H21NO3/c32-29-23-14-4-5-15-24(23)30(33)28(29)27(25-18-31-26-16-7-6-13-22(25)26)19-9-8-12-21(17-19)34-20-10-2-1-3-11-20/h1-18,27-28,31H. The predicted molar refractivity (Wildman–Crippen MR) is 132 cm³/mol. The maximum absolute atomic E-state index is 13.6. The van der Waals surface area contributed by atoms with E-state index in [1.54, 1.807) is 24.3 Å². The molecule has 4 aromatic carbocycles. The van der Waals surface area contributed by atoms with Crippen LogP contribution in [0.4, 0.5) is 0 Å². The van der Waals surface area contributed by atoms with Crippen LogP contribution in [0.1, 0.15) is 37.8 Å². The van der Waals surface area contributed by atoms with Gasteiger partial charge in [0.1, 0.15) is 11.5 Å². The van der Waals surface area contributed by atoms with Crippen molar-refractivity contribution in [1.29, 1.82) is 0 Å². The third-order valence-corrected chi connectivity index (χ3v) is 6.51. The molecular formula is C30H21NO3. The fourth-order valence-electron chi connectivity index (χ4n) is 4.97. The van der Waals surface area contributed by atoms with Gasteiger partial charge in [-0.25, -0.2) is 0 Å². The van der Waals surface area contributed by atoms with Gasteiger partial charge >= 0.3 is 0 Å². The van der Waals surface area contributed by atoms with Gasteiger partial charge in [-0.15, -0.1) is 0 Å². The van der Waals surface area contributed by atoms with E-state index in [9.17, 15) is 9.59 Å². The molecule has 0 saturated heterocycles. The van der Waals surface area contributed by atoms with E-state index in [0.717, 1.165) is 27.8 Å². The largest absolute Gasteiger partial charge is 0.457 e. The summed E-state index contributed by atoms with van der Waals surface area (Å²) in [4.78, 5) is 30.4. The van der Waals surface area contributed by atoms with E-state index in [0.29, 0.717) is 16.9 Å². The lowest BCUT2D eigenvalue weighted by atomic mass is 9.78. The number of nitrogens with one attached hydrogen (secondary N) is 1. The van der Waals surface area contributed by atoms with E-state index >= 15 is 0 Å². The molecule has 0 aliphatic heterocycles. The summed E-state index contributed by atoms with van der Waals surface area (Å²) in [5.74, 6) is -0.172. The lowest BCUT2D eigenvalue weighted by molar-refractivity contribution is 0.0825. The van der Waals surface area contributed by atoms with E-state index in [1.807, 2.05) is 85.1 Å². The molecule has 34 heavy (non-hydrogen) atoms. The number of rotatable bonds is 5. The molecule has 1 unspecified atom stereocenters. The Balaban J connectivity index is 1.50. The fourth-order valence-corrected chi connectivity index (χ4v) is 4.97. The molecule has 0 amide bonds. The minimum atomic E-state index is -0.830. The molecule has 1 N–H and O–H groups in total. The zero-order chi connectivity index (χ0) is 23.1. The number of carbonyl (C=O) groups is 2. The number of H-pyrrole nitrogens is 1. The highest BCUT2D eigenvalue weighted by Crippen LogP contribution is 2.43. The smallest absolute Gasteiger partial charge is 0.175 e. The lowest BCUT2D eigenvalue weighted by Gasteiger charge is -2.23. The summed E-state index contributed by atoms with van der Waals surface area (Å²) < 4.78 is 6.07. The first kappa shape index (κ1) is 20.2. The van der Waals surface area contributed by atoms with Crippen molar-refractivity contribution in [2.45, 2.75) is 5.92 Å². The number of aromatic nitrogens is 1. The van der Waals surface area contributed by atoms with Crippen molar-refractivity contribution in [3.8, 4) is 11.5 Å². The molecule has 1 aromatic heterocycles. The van der Waals surface area contributed by atoms with Gasteiger partial charge in [0.05, 0.1) is 5.92 Å². The Hall–Kier alpha value is -4.44. The number of carbonyl (C=O) groups excluding carboxylic acids is 2. The van der Waals surface area contributed by atoms with Gasteiger partial charge < -0.3 is 9.72 Å². The number of hydrogen-bond acceptors (Lipinski definition) is 3. The summed E-state index contributed by atoms with van der Waals surface area (Å²) in [5.41, 5.74) is 3.75. The summed E-state index contributed by atoms with van der Waals surface area (Å²) in [5, 5.41) is 0.999. The summed E-state index contributed by atoms with van der Waals surface area (Å²) in [6, 6.07) is 32.3. The third-order valence-electron chi connectivity index (χ3n) is 6.51. The van der Waals surface area contributed by atoms with Crippen molar-refractivity contribution in [2.24, 2.45) is 5.92 Å². The van der Waals surface area contributed by atoms with Crippen LogP contribution < -0.4 is 4.74 Å². The van der Waals surface area contributed by atoms with Crippen LogP contribution in [0.3, 0.4) is 0 Å². The van der Waals surface area contributed by atoms with E-state index in [1.165, 1.54) is 0 Å². The van der Waals surface area contributed by atoms with Crippen LogP contribution in [0.15, 0.2) is 109 Å². The van der Waals surface area contributed by atoms with Gasteiger partial charge in [-0.1, -0.05) is 72.8 Å². The average molecular weight is 444 g/mol. The zero-order valence-corrected chi connectivity index (χ0v) is 18.3. The summed E-state index contributed by atoms with van der Waals surface area (Å²) in [6.07, 6.45) is 1.92. The van der Waals surface area contributed by atoms with Gasteiger partial charge in [-0.05, 0) is 41.5 Å². The molecule has 1 aliphatic carbocycles. The van der Waals surface area contributed by atoms with Crippen molar-refractivity contribution in [3.05, 3.63) is 132 Å². The number of ether oxygens (including phenoxy) is 1. The molecule has 0 spiro atoms. The van der Waals surface area contributed by atoms with Gasteiger partial charge in [0.2, 0.25) is 0 Å². The number of fused-ring (bicyclic) bond motifs is 2. The molecule has 0 saturated carbocycles. The number of hydrogen-bond donors (Lipinski definition) is 1. The normalized spacial score (nSPS) is 14.4. The Morgan fingerprint density at radius 2 is 1.32 bits per heavy atom. The maximum atomic E-state index is 13.6. The number of aromatic amines is 1. The molecule has 0 radical (unpaired) electrons. The predicted octanol–water partition coefficient (Wildman–Crippen LogP) is 6.79. The minimum Gasteiger partial charge on any atom is -0.457 e. The monoisotopic (exact) mass is 443 g/mol. The molecular weight excluding hydrogens is 422 g/mol. The third kappa shape index (κ3) is 3.32. The second kappa shape index (κ2) is 8.16. The molecule has 1 heterocycles. The number of ketones is 2. The second-order valence-corrected chi connectivity index (χ2v) is 8.51. The van der Waals surface area contributed by atoms with Gasteiger partial charge in [-0.3, -0.25) is 9.59 Å². The van der Waals surface area contributed by atoms with Gasteiger partial charge in [0.25, 0.3) is 0 Å². The van der Waals surface area contributed by atoms with Crippen molar-refractivity contribution in [2.75, 3.05) is 0 Å². The fraction of sp³-hybridized carbons (Fsp3) is 0.0667. The van der Waals surface area contributed by atoms with E-state index in [2.05, 4.69) is 4.98 Å². The molecule has 0 fully saturated rings. The molecule has 6 rings (SSSR count). The Kier molecular flexibility index (Phi) is 4.84. The van der Waals surface area contributed by atoms with Gasteiger partial charge in [0.15, 0.2) is 11.6 Å². The first-order valence-corrected chi connectivity index (χ1v) is 11.3. The topological polar surface area (TPSA) is 59.2 Å². The van der Waals surface area contributed by atoms with Crippen molar-refractivity contribution >= 4 is 22.5 Å². The number of benzene rings is 4. The quantitative estimate of drug-likeness (QED) is 0.304. The van der Waals surface area contributed by atoms with Crippen LogP contribution in [-0.2, 0) is 0 Å². The maximum Gasteiger partial charge on any atom is 0.175 e. The van der Waals surface area contributed by atoms with E-state index < -0.39 is 11.8 Å². The van der Waals surface area contributed by atoms with Gasteiger partial charge in [-0.2, -0.15) is 0 Å². The number of Topliss-reactive ketones (excluding diaryl/α,β-unsaturated/α-hetero) is 2. The van der Waals surface area contributed by atoms with E-state index in [4.69, 9.17) is 4.74 Å². The van der Waals surface area contributed by atoms with Crippen LogP contribution in [0.5, 0.6) is 11.5 Å². The summed E-state index contributed by atoms with van der Waals surface area (Å²) in [7, 11) is 0. The molecule has 164 valence electrons. The Morgan fingerprint density at radius 1 is 0.676 bits per heavy atom. The highest BCUT2D eigenvalue weighted by Gasteiger charge is 2.45. The van der Waals surface area contributed by atoms with Crippen LogP contribution in [0.2, 0.25) is 0 Å². The Labute approximate surface area is 196 Å². The van der Waals surface area contributed by atoms with Gasteiger partial charge in [0, 0.05) is 34.1 Å². The SMILES string of the molecule is O=C1c2ccccc2C(=O)C1C(c1cccc(Oc2ccccc2)c1)c1c[nH]c2ccccc12. The second-order valence-electron chi connectivity index (χ2n) is 8.51. The molecule has 1 atom stereocenters. The van der Waals surface area contributed by atoms with Crippen molar-refractivity contribution in [1.82, 2.24) is 4.98 Å². The summed E-state index contributed by atoms with van der Waals surface area (Å²) >= 11 is 0. The average Bonchev–Trinajstić information content (AvgIpc) is 3.41. The zero-order valence-electron chi connectivity index (χ0n) is 18.3.